The Labute approximate surface area is 212 Å². The molecule has 0 spiro atoms. The fourth-order valence-corrected chi connectivity index (χ4v) is 5.43. The average molecular weight is 485 g/mol. The number of aromatic nitrogens is 1. The van der Waals surface area contributed by atoms with Gasteiger partial charge in [0, 0.05) is 30.9 Å². The Morgan fingerprint density at radius 3 is 2.15 bits per heavy atom. The zero-order valence-electron chi connectivity index (χ0n) is 22.9. The van der Waals surface area contributed by atoms with Gasteiger partial charge in [-0.1, -0.05) is 17.8 Å². The average Bonchev–Trinajstić information content (AvgIpc) is 3.01. The van der Waals surface area contributed by atoms with Crippen molar-refractivity contribution in [3.63, 3.8) is 0 Å². The zero-order chi connectivity index (χ0) is 25.1. The molecule has 1 aliphatic rings. The maximum absolute atomic E-state index is 2.59. The molecule has 0 amide bonds. The van der Waals surface area contributed by atoms with Gasteiger partial charge < -0.3 is 13.9 Å². The molecule has 0 unspecified atom stereocenters. The van der Waals surface area contributed by atoms with Crippen molar-refractivity contribution in [3.8, 4) is 0 Å². The Morgan fingerprint density at radius 1 is 0.941 bits per heavy atom. The van der Waals surface area contributed by atoms with Gasteiger partial charge in [-0.2, -0.15) is 0 Å². The molecule has 2 heterocycles. The fraction of sp³-hybridized carbons (Fsp3) is 0.536. The summed E-state index contributed by atoms with van der Waals surface area (Å²) >= 11 is 1.86. The number of quaternary nitrogens is 2. The Balaban J connectivity index is 1.83. The van der Waals surface area contributed by atoms with Gasteiger partial charge in [0.2, 0.25) is 0 Å². The van der Waals surface area contributed by atoms with E-state index in [4.69, 9.17) is 0 Å². The van der Waals surface area contributed by atoms with Crippen LogP contribution in [-0.4, -0.2) is 84.5 Å². The summed E-state index contributed by atoms with van der Waals surface area (Å²) in [5.41, 5.74) is 3.87. The van der Waals surface area contributed by atoms with Crippen LogP contribution < -0.4 is 14.4 Å². The summed E-state index contributed by atoms with van der Waals surface area (Å²) in [5, 5.41) is 1.28. The van der Waals surface area contributed by atoms with Crippen molar-refractivity contribution in [1.29, 1.82) is 0 Å². The van der Waals surface area contributed by atoms with Gasteiger partial charge in [-0.3, -0.25) is 4.90 Å². The van der Waals surface area contributed by atoms with Crippen LogP contribution in [0, 0.1) is 6.92 Å². The van der Waals surface area contributed by atoms with Crippen molar-refractivity contribution in [1.82, 2.24) is 0 Å². The Morgan fingerprint density at radius 2 is 1.56 bits per heavy atom. The van der Waals surface area contributed by atoms with Crippen LogP contribution in [0.2, 0.25) is 0 Å². The van der Waals surface area contributed by atoms with E-state index in [1.54, 1.807) is 0 Å². The number of anilines is 2. The van der Waals surface area contributed by atoms with Gasteiger partial charge in [-0.25, -0.2) is 4.57 Å². The van der Waals surface area contributed by atoms with Gasteiger partial charge in [-0.05, 0) is 42.3 Å². The van der Waals surface area contributed by atoms with Gasteiger partial charge in [-0.15, -0.1) is 0 Å². The van der Waals surface area contributed by atoms with E-state index in [1.807, 2.05) is 11.8 Å². The van der Waals surface area contributed by atoms with Crippen LogP contribution in [-0.2, 0) is 7.05 Å². The molecule has 5 nitrogen and oxygen atoms in total. The largest absolute Gasteiger partial charge is 0.338 e. The van der Waals surface area contributed by atoms with Crippen LogP contribution in [0.1, 0.15) is 24.0 Å². The van der Waals surface area contributed by atoms with Crippen LogP contribution in [0.15, 0.2) is 46.5 Å². The van der Waals surface area contributed by atoms with Crippen molar-refractivity contribution in [2.45, 2.75) is 24.7 Å². The molecule has 1 aromatic heterocycles. The Kier molecular flexibility index (Phi) is 8.38. The summed E-state index contributed by atoms with van der Waals surface area (Å²) < 4.78 is 4.30. The quantitative estimate of drug-likeness (QED) is 0.367. The number of pyridine rings is 1. The molecule has 0 atom stereocenters. The van der Waals surface area contributed by atoms with Crippen LogP contribution in [0.5, 0.6) is 0 Å². The predicted molar refractivity (Wildman–Crippen MR) is 148 cm³/mol. The molecular weight excluding hydrogens is 438 g/mol. The second-order valence-corrected chi connectivity index (χ2v) is 12.8. The van der Waals surface area contributed by atoms with Crippen LogP contribution in [0.3, 0.4) is 0 Å². The molecule has 34 heavy (non-hydrogen) atoms. The molecule has 0 fully saturated rings. The normalized spacial score (nSPS) is 15.2. The lowest BCUT2D eigenvalue weighted by Crippen LogP contribution is -2.43. The number of rotatable bonds is 10. The smallest absolute Gasteiger partial charge is 0.276 e. The van der Waals surface area contributed by atoms with Crippen molar-refractivity contribution in [2.75, 3.05) is 85.3 Å². The third kappa shape index (κ3) is 7.49. The van der Waals surface area contributed by atoms with Gasteiger partial charge in [0.05, 0.1) is 92.4 Å². The summed E-state index contributed by atoms with van der Waals surface area (Å²) in [7, 11) is 18.0. The SMILES string of the molecule is Cc1ccc2c(c1)N(C)C(=Cc1cc[n+](C)c(N(CCC[N+](C)(C)C)CCC[N+](C)(C)C)c1)S2. The number of nitrogens with zero attached hydrogens (tertiary/aromatic N) is 5. The molecule has 2 aromatic rings. The second-order valence-electron chi connectivity index (χ2n) is 11.8. The van der Waals surface area contributed by atoms with E-state index in [1.165, 1.54) is 58.5 Å². The van der Waals surface area contributed by atoms with E-state index >= 15 is 0 Å². The molecule has 1 aromatic carbocycles. The van der Waals surface area contributed by atoms with E-state index in [0.29, 0.717) is 0 Å². The standard InChI is InChI=1S/C28H46N5S/c1-23-12-13-26-25(20-23)30(3)28(34-26)22-24-14-17-29(2)27(21-24)31(15-10-18-32(4,5)6)16-11-19-33(7,8)9/h12-14,17,20-22H,10-11,15-16,18-19H2,1-9H3/q+3. The molecule has 0 saturated carbocycles. The van der Waals surface area contributed by atoms with Gasteiger partial charge in [0.15, 0.2) is 0 Å². The number of hydrogen-bond acceptors (Lipinski definition) is 3. The molecular formula is C28H46N5S+3. The minimum Gasteiger partial charge on any atom is -0.338 e. The molecule has 1 aliphatic heterocycles. The first-order chi connectivity index (χ1) is 15.8. The van der Waals surface area contributed by atoms with Crippen molar-refractivity contribution in [2.24, 2.45) is 7.05 Å². The number of hydrogen-bond donors (Lipinski definition) is 0. The van der Waals surface area contributed by atoms with Crippen LogP contribution in [0.4, 0.5) is 11.5 Å². The topological polar surface area (TPSA) is 10.4 Å². The highest BCUT2D eigenvalue weighted by Crippen LogP contribution is 2.46. The highest BCUT2D eigenvalue weighted by molar-refractivity contribution is 8.03. The molecule has 6 heteroatoms. The summed E-state index contributed by atoms with van der Waals surface area (Å²) in [5.74, 6) is 1.30. The summed E-state index contributed by atoms with van der Waals surface area (Å²) in [6, 6.07) is 11.3. The van der Waals surface area contributed by atoms with Crippen molar-refractivity contribution in [3.05, 3.63) is 52.7 Å². The minimum absolute atomic E-state index is 1.01. The number of fused-ring (bicyclic) bond motifs is 1. The maximum atomic E-state index is 2.59. The molecule has 0 bridgehead atoms. The maximum Gasteiger partial charge on any atom is 0.276 e. The first-order valence-corrected chi connectivity index (χ1v) is 13.2. The predicted octanol–water partition coefficient (Wildman–Crippen LogP) is 4.36. The van der Waals surface area contributed by atoms with Crippen molar-refractivity contribution >= 4 is 29.3 Å². The highest BCUT2D eigenvalue weighted by atomic mass is 32.2. The molecule has 186 valence electrons. The van der Waals surface area contributed by atoms with E-state index in [2.05, 4.69) is 120 Å². The first kappa shape index (κ1) is 26.6. The third-order valence-corrected chi connectivity index (χ3v) is 7.46. The summed E-state index contributed by atoms with van der Waals surface area (Å²) in [4.78, 5) is 6.25. The molecule has 0 saturated heterocycles. The van der Waals surface area contributed by atoms with Gasteiger partial charge in [0.1, 0.15) is 0 Å². The molecule has 0 aliphatic carbocycles. The van der Waals surface area contributed by atoms with E-state index in [9.17, 15) is 0 Å². The van der Waals surface area contributed by atoms with Crippen molar-refractivity contribution < 1.29 is 13.5 Å². The fourth-order valence-electron chi connectivity index (χ4n) is 4.33. The molecule has 0 N–H and O–H groups in total. The number of benzene rings is 1. The van der Waals surface area contributed by atoms with Gasteiger partial charge >= 0.3 is 0 Å². The lowest BCUT2D eigenvalue weighted by molar-refractivity contribution is -0.870. The number of aryl methyl sites for hydroxylation is 2. The van der Waals surface area contributed by atoms with E-state index < -0.39 is 0 Å². The lowest BCUT2D eigenvalue weighted by atomic mass is 10.2. The van der Waals surface area contributed by atoms with Gasteiger partial charge in [0.25, 0.3) is 5.82 Å². The zero-order valence-corrected chi connectivity index (χ0v) is 23.7. The minimum atomic E-state index is 1.01. The number of thioether (sulfide) groups is 1. The Hall–Kier alpha value is -2.02. The highest BCUT2D eigenvalue weighted by Gasteiger charge is 2.24. The lowest BCUT2D eigenvalue weighted by Gasteiger charge is -2.27. The molecule has 0 radical (unpaired) electrons. The van der Waals surface area contributed by atoms with Crippen LogP contribution >= 0.6 is 11.8 Å². The van der Waals surface area contributed by atoms with E-state index in [-0.39, 0.29) is 0 Å². The molecule has 3 rings (SSSR count). The third-order valence-electron chi connectivity index (χ3n) is 6.30. The summed E-state index contributed by atoms with van der Waals surface area (Å²) in [6.45, 7) is 6.69. The Bertz CT molecular complexity index is 996. The first-order valence-electron chi connectivity index (χ1n) is 12.4. The summed E-state index contributed by atoms with van der Waals surface area (Å²) in [6.07, 6.45) is 6.92. The second kappa shape index (κ2) is 10.7. The van der Waals surface area contributed by atoms with Crippen LogP contribution in [0.25, 0.3) is 6.08 Å². The monoisotopic (exact) mass is 484 g/mol. The van der Waals surface area contributed by atoms with E-state index in [0.717, 1.165) is 22.1 Å².